The molecule has 0 heterocycles. The van der Waals surface area contributed by atoms with Crippen LogP contribution in [0.5, 0.6) is 5.75 Å². The summed E-state index contributed by atoms with van der Waals surface area (Å²) in [5, 5.41) is 8.93. The smallest absolute Gasteiger partial charge is 0.118 e. The van der Waals surface area contributed by atoms with Crippen molar-refractivity contribution in [1.29, 1.82) is 0 Å². The van der Waals surface area contributed by atoms with E-state index in [1.54, 1.807) is 7.11 Å². The van der Waals surface area contributed by atoms with Gasteiger partial charge in [0.1, 0.15) is 5.75 Å². The largest absolute Gasteiger partial charge is 0.497 e. The molecule has 0 atom stereocenters. The van der Waals surface area contributed by atoms with E-state index in [1.807, 2.05) is 30.3 Å². The van der Waals surface area contributed by atoms with Gasteiger partial charge in [-0.3, -0.25) is 4.90 Å². The molecule has 0 aliphatic heterocycles. The predicted molar refractivity (Wildman–Crippen MR) is 65.6 cm³/mol. The summed E-state index contributed by atoms with van der Waals surface area (Å²) in [5.41, 5.74) is 1.20. The minimum absolute atomic E-state index is 0.171. The number of benzene rings is 1. The average Bonchev–Trinajstić information content (AvgIpc) is 2.31. The van der Waals surface area contributed by atoms with Gasteiger partial charge in [-0.05, 0) is 17.7 Å². The van der Waals surface area contributed by atoms with E-state index in [9.17, 15) is 0 Å². The second-order valence-corrected chi connectivity index (χ2v) is 3.60. The molecule has 0 bridgehead atoms. The molecule has 0 spiro atoms. The first-order valence-electron chi connectivity index (χ1n) is 5.37. The Morgan fingerprint density at radius 2 is 2.06 bits per heavy atom. The molecular weight excluding hydrogens is 202 g/mol. The summed E-state index contributed by atoms with van der Waals surface area (Å²) in [4.78, 5) is 2.13. The van der Waals surface area contributed by atoms with Crippen molar-refractivity contribution in [1.82, 2.24) is 4.90 Å². The van der Waals surface area contributed by atoms with Gasteiger partial charge in [-0.25, -0.2) is 0 Å². The molecule has 1 aromatic rings. The van der Waals surface area contributed by atoms with Gasteiger partial charge >= 0.3 is 0 Å². The quantitative estimate of drug-likeness (QED) is 0.711. The first-order valence-corrected chi connectivity index (χ1v) is 5.37. The molecular formula is C13H19NO2. The fourth-order valence-electron chi connectivity index (χ4n) is 1.55. The fourth-order valence-corrected chi connectivity index (χ4v) is 1.55. The van der Waals surface area contributed by atoms with E-state index in [0.717, 1.165) is 18.8 Å². The lowest BCUT2D eigenvalue weighted by Gasteiger charge is -2.19. The van der Waals surface area contributed by atoms with Gasteiger partial charge in [-0.2, -0.15) is 0 Å². The third-order valence-electron chi connectivity index (χ3n) is 2.37. The molecule has 0 aliphatic rings. The lowest BCUT2D eigenvalue weighted by Crippen LogP contribution is -2.26. The molecule has 0 saturated heterocycles. The SMILES string of the molecule is C=CCN(CCO)Cc1ccc(OC)cc1. The summed E-state index contributed by atoms with van der Waals surface area (Å²) in [5.74, 6) is 0.862. The molecule has 3 nitrogen and oxygen atoms in total. The van der Waals surface area contributed by atoms with Gasteiger partial charge in [0.2, 0.25) is 0 Å². The number of methoxy groups -OCH3 is 1. The molecule has 1 N–H and O–H groups in total. The van der Waals surface area contributed by atoms with Crippen molar-refractivity contribution in [3.05, 3.63) is 42.5 Å². The van der Waals surface area contributed by atoms with E-state index in [4.69, 9.17) is 9.84 Å². The molecule has 1 aromatic carbocycles. The van der Waals surface area contributed by atoms with E-state index < -0.39 is 0 Å². The van der Waals surface area contributed by atoms with Crippen LogP contribution < -0.4 is 4.74 Å². The second kappa shape index (κ2) is 7.04. The Bertz CT molecular complexity index is 308. The molecule has 1 rings (SSSR count). The standard InChI is InChI=1S/C13H19NO2/c1-3-8-14(9-10-15)11-12-4-6-13(16-2)7-5-12/h3-7,15H,1,8-11H2,2H3. The molecule has 0 amide bonds. The molecule has 3 heteroatoms. The van der Waals surface area contributed by atoms with Crippen molar-refractivity contribution >= 4 is 0 Å². The second-order valence-electron chi connectivity index (χ2n) is 3.60. The minimum atomic E-state index is 0.171. The van der Waals surface area contributed by atoms with E-state index in [0.29, 0.717) is 6.54 Å². The van der Waals surface area contributed by atoms with Crippen LogP contribution >= 0.6 is 0 Å². The van der Waals surface area contributed by atoms with Crippen molar-refractivity contribution in [2.45, 2.75) is 6.54 Å². The topological polar surface area (TPSA) is 32.7 Å². The van der Waals surface area contributed by atoms with Gasteiger partial charge < -0.3 is 9.84 Å². The number of ether oxygens (including phenoxy) is 1. The summed E-state index contributed by atoms with van der Waals surface area (Å²) in [6.45, 7) is 6.14. The molecule has 16 heavy (non-hydrogen) atoms. The van der Waals surface area contributed by atoms with Gasteiger partial charge in [0.15, 0.2) is 0 Å². The molecule has 0 fully saturated rings. The highest BCUT2D eigenvalue weighted by Gasteiger charge is 2.03. The van der Waals surface area contributed by atoms with Gasteiger partial charge in [0, 0.05) is 19.6 Å². The Labute approximate surface area is 97.0 Å². The zero-order chi connectivity index (χ0) is 11.8. The maximum Gasteiger partial charge on any atom is 0.118 e. The zero-order valence-corrected chi connectivity index (χ0v) is 9.72. The van der Waals surface area contributed by atoms with E-state index >= 15 is 0 Å². The Morgan fingerprint density at radius 3 is 2.56 bits per heavy atom. The van der Waals surface area contributed by atoms with Gasteiger partial charge in [-0.15, -0.1) is 6.58 Å². The van der Waals surface area contributed by atoms with Gasteiger partial charge in [0.25, 0.3) is 0 Å². The molecule has 0 unspecified atom stereocenters. The number of hydrogen-bond acceptors (Lipinski definition) is 3. The van der Waals surface area contributed by atoms with Crippen molar-refractivity contribution in [2.24, 2.45) is 0 Å². The van der Waals surface area contributed by atoms with E-state index in [2.05, 4.69) is 11.5 Å². The maximum atomic E-state index is 8.93. The highest BCUT2D eigenvalue weighted by Crippen LogP contribution is 2.12. The summed E-state index contributed by atoms with van der Waals surface area (Å²) in [6, 6.07) is 7.96. The number of aliphatic hydroxyl groups excluding tert-OH is 1. The zero-order valence-electron chi connectivity index (χ0n) is 9.72. The predicted octanol–water partition coefficient (Wildman–Crippen LogP) is 1.68. The van der Waals surface area contributed by atoms with Crippen LogP contribution in [0.3, 0.4) is 0 Å². The van der Waals surface area contributed by atoms with Crippen molar-refractivity contribution in [2.75, 3.05) is 26.8 Å². The third kappa shape index (κ3) is 4.04. The lowest BCUT2D eigenvalue weighted by molar-refractivity contribution is 0.203. The Kier molecular flexibility index (Phi) is 5.61. The highest BCUT2D eigenvalue weighted by atomic mass is 16.5. The van der Waals surface area contributed by atoms with E-state index in [1.165, 1.54) is 5.56 Å². The number of rotatable bonds is 7. The molecule has 0 aromatic heterocycles. The van der Waals surface area contributed by atoms with E-state index in [-0.39, 0.29) is 6.61 Å². The number of nitrogens with zero attached hydrogens (tertiary/aromatic N) is 1. The summed E-state index contributed by atoms with van der Waals surface area (Å²) >= 11 is 0. The summed E-state index contributed by atoms with van der Waals surface area (Å²) < 4.78 is 5.10. The van der Waals surface area contributed by atoms with Gasteiger partial charge in [-0.1, -0.05) is 18.2 Å². The van der Waals surface area contributed by atoms with Crippen molar-refractivity contribution in [3.8, 4) is 5.75 Å². The van der Waals surface area contributed by atoms with Crippen LogP contribution in [0, 0.1) is 0 Å². The van der Waals surface area contributed by atoms with Gasteiger partial charge in [0.05, 0.1) is 13.7 Å². The fraction of sp³-hybridized carbons (Fsp3) is 0.385. The van der Waals surface area contributed by atoms with Crippen LogP contribution in [0.15, 0.2) is 36.9 Å². The van der Waals surface area contributed by atoms with Crippen LogP contribution in [0.2, 0.25) is 0 Å². The highest BCUT2D eigenvalue weighted by molar-refractivity contribution is 5.27. The molecule has 88 valence electrons. The summed E-state index contributed by atoms with van der Waals surface area (Å²) in [7, 11) is 1.66. The van der Waals surface area contributed by atoms with Crippen LogP contribution in [-0.4, -0.2) is 36.8 Å². The average molecular weight is 221 g/mol. The van der Waals surface area contributed by atoms with Crippen LogP contribution in [0.4, 0.5) is 0 Å². The monoisotopic (exact) mass is 221 g/mol. The normalized spacial score (nSPS) is 10.4. The van der Waals surface area contributed by atoms with Crippen LogP contribution in [-0.2, 0) is 6.54 Å². The number of hydrogen-bond donors (Lipinski definition) is 1. The molecule has 0 saturated carbocycles. The maximum absolute atomic E-state index is 8.93. The Hall–Kier alpha value is -1.32. The first kappa shape index (κ1) is 12.7. The Morgan fingerprint density at radius 1 is 1.38 bits per heavy atom. The lowest BCUT2D eigenvalue weighted by atomic mass is 10.2. The molecule has 0 aliphatic carbocycles. The Balaban J connectivity index is 2.58. The van der Waals surface area contributed by atoms with Crippen LogP contribution in [0.1, 0.15) is 5.56 Å². The summed E-state index contributed by atoms with van der Waals surface area (Å²) in [6.07, 6.45) is 1.85. The minimum Gasteiger partial charge on any atom is -0.497 e. The number of aliphatic hydroxyl groups is 1. The molecule has 0 radical (unpaired) electrons. The van der Waals surface area contributed by atoms with Crippen LogP contribution in [0.25, 0.3) is 0 Å². The van der Waals surface area contributed by atoms with Crippen molar-refractivity contribution < 1.29 is 9.84 Å². The van der Waals surface area contributed by atoms with Crippen molar-refractivity contribution in [3.63, 3.8) is 0 Å². The first-order chi connectivity index (χ1) is 7.80. The third-order valence-corrected chi connectivity index (χ3v) is 2.37.